The lowest BCUT2D eigenvalue weighted by Gasteiger charge is -2.28. The zero-order chi connectivity index (χ0) is 15.0. The molecular weight excluding hydrogens is 288 g/mol. The summed E-state index contributed by atoms with van der Waals surface area (Å²) in [5.41, 5.74) is -0.968. The molecule has 2 aromatic heterocycles. The van der Waals surface area contributed by atoms with E-state index >= 15 is 0 Å². The van der Waals surface area contributed by atoms with Gasteiger partial charge in [0.15, 0.2) is 11.6 Å². The lowest BCUT2D eigenvalue weighted by Crippen LogP contribution is -2.35. The van der Waals surface area contributed by atoms with E-state index in [0.717, 1.165) is 0 Å². The summed E-state index contributed by atoms with van der Waals surface area (Å²) in [4.78, 5) is 8.61. The molecule has 0 radical (unpaired) electrons. The number of hydrogen-bond donors (Lipinski definition) is 1. The fraction of sp³-hybridized carbons (Fsp3) is 0.200. The molecule has 21 heavy (non-hydrogen) atoms. The molecule has 3 aromatic rings. The van der Waals surface area contributed by atoms with Crippen LogP contribution in [0.25, 0.3) is 0 Å². The summed E-state index contributed by atoms with van der Waals surface area (Å²) in [5, 5.41) is 12.0. The number of aryl methyl sites for hydroxylation is 2. The van der Waals surface area contributed by atoms with Crippen LogP contribution in [-0.4, -0.2) is 24.2 Å². The van der Waals surface area contributed by atoms with Crippen molar-refractivity contribution in [1.29, 1.82) is 0 Å². The number of halogens is 1. The molecule has 0 aliphatic rings. The molecular formula is C15H15ClN4O. The minimum atomic E-state index is -1.52. The Hall–Kier alpha value is -2.11. The third-order valence-electron chi connectivity index (χ3n) is 3.55. The van der Waals surface area contributed by atoms with E-state index in [1.54, 1.807) is 46.1 Å². The molecule has 1 N–H and O–H groups in total. The zero-order valence-electron chi connectivity index (χ0n) is 11.7. The quantitative estimate of drug-likeness (QED) is 0.806. The molecule has 0 saturated carbocycles. The van der Waals surface area contributed by atoms with E-state index < -0.39 is 5.60 Å². The SMILES string of the molecule is Cn1ccnc1C(O)(c1ccccc1Cl)c1nccn1C. The number of benzene rings is 1. The monoisotopic (exact) mass is 302 g/mol. The van der Waals surface area contributed by atoms with Crippen LogP contribution in [0.1, 0.15) is 17.2 Å². The van der Waals surface area contributed by atoms with Gasteiger partial charge in [-0.2, -0.15) is 0 Å². The van der Waals surface area contributed by atoms with Crippen molar-refractivity contribution in [1.82, 2.24) is 19.1 Å². The van der Waals surface area contributed by atoms with Gasteiger partial charge in [-0.15, -0.1) is 0 Å². The standard InChI is InChI=1S/C15H15ClN4O/c1-19-9-7-17-13(19)15(21,14-18-8-10-20(14)2)11-5-3-4-6-12(11)16/h3-10,21H,1-2H3. The molecule has 0 atom stereocenters. The third-order valence-corrected chi connectivity index (χ3v) is 3.88. The van der Waals surface area contributed by atoms with Gasteiger partial charge in [-0.05, 0) is 6.07 Å². The largest absolute Gasteiger partial charge is 0.371 e. The van der Waals surface area contributed by atoms with E-state index in [9.17, 15) is 5.11 Å². The molecule has 0 spiro atoms. The fourth-order valence-corrected chi connectivity index (χ4v) is 2.80. The molecule has 2 heterocycles. The topological polar surface area (TPSA) is 55.9 Å². The number of imidazole rings is 2. The summed E-state index contributed by atoms with van der Waals surface area (Å²) < 4.78 is 3.52. The summed E-state index contributed by atoms with van der Waals surface area (Å²) in [5.74, 6) is 0.926. The van der Waals surface area contributed by atoms with Crippen molar-refractivity contribution in [3.05, 3.63) is 71.3 Å². The number of nitrogens with zero attached hydrogens (tertiary/aromatic N) is 4. The molecule has 0 aliphatic carbocycles. The second kappa shape index (κ2) is 5.02. The highest BCUT2D eigenvalue weighted by Gasteiger charge is 2.42. The van der Waals surface area contributed by atoms with Gasteiger partial charge in [0.05, 0.1) is 0 Å². The highest BCUT2D eigenvalue weighted by Crippen LogP contribution is 2.37. The number of aromatic nitrogens is 4. The molecule has 6 heteroatoms. The van der Waals surface area contributed by atoms with Gasteiger partial charge >= 0.3 is 0 Å². The van der Waals surface area contributed by atoms with Crippen LogP contribution in [0.4, 0.5) is 0 Å². The maximum atomic E-state index is 11.5. The second-order valence-electron chi connectivity index (χ2n) is 4.91. The molecule has 3 rings (SSSR count). The second-order valence-corrected chi connectivity index (χ2v) is 5.32. The minimum absolute atomic E-state index is 0.463. The Labute approximate surface area is 127 Å². The van der Waals surface area contributed by atoms with E-state index in [1.165, 1.54) is 0 Å². The van der Waals surface area contributed by atoms with Gasteiger partial charge in [0.2, 0.25) is 5.60 Å². The molecule has 108 valence electrons. The van der Waals surface area contributed by atoms with Crippen molar-refractivity contribution in [2.24, 2.45) is 14.1 Å². The minimum Gasteiger partial charge on any atom is -0.371 e. The van der Waals surface area contributed by atoms with Gasteiger partial charge in [0.1, 0.15) is 0 Å². The molecule has 0 saturated heterocycles. The first kappa shape index (κ1) is 13.9. The highest BCUT2D eigenvalue weighted by molar-refractivity contribution is 6.31. The van der Waals surface area contributed by atoms with Gasteiger partial charge < -0.3 is 14.2 Å². The van der Waals surface area contributed by atoms with Crippen LogP contribution in [0.2, 0.25) is 5.02 Å². The first-order valence-electron chi connectivity index (χ1n) is 6.48. The fourth-order valence-electron chi connectivity index (χ4n) is 2.52. The maximum absolute atomic E-state index is 11.5. The van der Waals surface area contributed by atoms with Crippen molar-refractivity contribution in [2.75, 3.05) is 0 Å². The first-order valence-corrected chi connectivity index (χ1v) is 6.86. The lowest BCUT2D eigenvalue weighted by atomic mass is 9.91. The van der Waals surface area contributed by atoms with Gasteiger partial charge in [-0.25, -0.2) is 9.97 Å². The van der Waals surface area contributed by atoms with E-state index in [1.807, 2.05) is 26.2 Å². The van der Waals surface area contributed by atoms with E-state index in [0.29, 0.717) is 22.2 Å². The van der Waals surface area contributed by atoms with Gasteiger partial charge in [0, 0.05) is 49.5 Å². The van der Waals surface area contributed by atoms with Crippen LogP contribution in [0, 0.1) is 0 Å². The van der Waals surface area contributed by atoms with Crippen molar-refractivity contribution in [3.63, 3.8) is 0 Å². The summed E-state index contributed by atoms with van der Waals surface area (Å²) in [6, 6.07) is 7.18. The van der Waals surface area contributed by atoms with Crippen LogP contribution in [0.3, 0.4) is 0 Å². The van der Waals surface area contributed by atoms with Crippen molar-refractivity contribution in [2.45, 2.75) is 5.60 Å². The van der Waals surface area contributed by atoms with Gasteiger partial charge in [0.25, 0.3) is 0 Å². The third kappa shape index (κ3) is 2.05. The lowest BCUT2D eigenvalue weighted by molar-refractivity contribution is 0.0994. The average molecular weight is 303 g/mol. The predicted molar refractivity (Wildman–Crippen MR) is 80.0 cm³/mol. The van der Waals surface area contributed by atoms with Crippen LogP contribution >= 0.6 is 11.6 Å². The first-order chi connectivity index (χ1) is 10.0. The Morgan fingerprint density at radius 3 is 1.95 bits per heavy atom. The average Bonchev–Trinajstić information content (AvgIpc) is 3.07. The van der Waals surface area contributed by atoms with E-state index in [2.05, 4.69) is 9.97 Å². The van der Waals surface area contributed by atoms with Crippen molar-refractivity contribution >= 4 is 11.6 Å². The number of aliphatic hydroxyl groups is 1. The van der Waals surface area contributed by atoms with Crippen LogP contribution < -0.4 is 0 Å². The molecule has 0 aliphatic heterocycles. The Kier molecular flexibility index (Phi) is 3.31. The Morgan fingerprint density at radius 2 is 1.52 bits per heavy atom. The van der Waals surface area contributed by atoms with Crippen molar-refractivity contribution in [3.8, 4) is 0 Å². The van der Waals surface area contributed by atoms with Crippen LogP contribution in [0.15, 0.2) is 49.1 Å². The summed E-state index contributed by atoms with van der Waals surface area (Å²) in [6.45, 7) is 0. The summed E-state index contributed by atoms with van der Waals surface area (Å²) in [7, 11) is 3.65. The summed E-state index contributed by atoms with van der Waals surface area (Å²) >= 11 is 6.31. The Morgan fingerprint density at radius 1 is 1.00 bits per heavy atom. The normalized spacial score (nSPS) is 11.8. The number of hydrogen-bond acceptors (Lipinski definition) is 3. The molecule has 0 unspecified atom stereocenters. The molecule has 5 nitrogen and oxygen atoms in total. The predicted octanol–water partition coefficient (Wildman–Crippen LogP) is 2.09. The summed E-state index contributed by atoms with van der Waals surface area (Å²) in [6.07, 6.45) is 6.83. The van der Waals surface area contributed by atoms with E-state index in [4.69, 9.17) is 11.6 Å². The van der Waals surface area contributed by atoms with Gasteiger partial charge in [-0.3, -0.25) is 0 Å². The van der Waals surface area contributed by atoms with E-state index in [-0.39, 0.29) is 0 Å². The molecule has 0 bridgehead atoms. The number of rotatable bonds is 3. The Balaban J connectivity index is 2.34. The molecule has 1 aromatic carbocycles. The Bertz CT molecular complexity index is 737. The van der Waals surface area contributed by atoms with Crippen molar-refractivity contribution < 1.29 is 5.11 Å². The molecule has 0 fully saturated rings. The van der Waals surface area contributed by atoms with Crippen LogP contribution in [-0.2, 0) is 19.7 Å². The zero-order valence-corrected chi connectivity index (χ0v) is 12.5. The maximum Gasteiger partial charge on any atom is 0.207 e. The van der Waals surface area contributed by atoms with Crippen LogP contribution in [0.5, 0.6) is 0 Å². The van der Waals surface area contributed by atoms with Gasteiger partial charge in [-0.1, -0.05) is 29.8 Å². The highest BCUT2D eigenvalue weighted by atomic mass is 35.5. The molecule has 0 amide bonds. The smallest absolute Gasteiger partial charge is 0.207 e.